The second-order valence-corrected chi connectivity index (χ2v) is 15.6. The molecule has 1 saturated carbocycles. The van der Waals surface area contributed by atoms with E-state index in [-0.39, 0.29) is 23.5 Å². The van der Waals surface area contributed by atoms with Crippen LogP contribution in [-0.2, 0) is 21.5 Å². The molecule has 0 bridgehead atoms. The largest absolute Gasteiger partial charge is 0.342 e. The van der Waals surface area contributed by atoms with E-state index in [4.69, 9.17) is 4.98 Å². The summed E-state index contributed by atoms with van der Waals surface area (Å²) in [6.45, 7) is 12.0. The molecule has 1 N–H and O–H groups in total. The van der Waals surface area contributed by atoms with Crippen LogP contribution in [0.4, 0.5) is 21.6 Å². The summed E-state index contributed by atoms with van der Waals surface area (Å²) in [4.78, 5) is 48.3. The van der Waals surface area contributed by atoms with Crippen molar-refractivity contribution >= 4 is 40.0 Å². The van der Waals surface area contributed by atoms with Gasteiger partial charge in [-0.2, -0.15) is 0 Å². The first-order valence-electron chi connectivity index (χ1n) is 18.3. The smallest absolute Gasteiger partial charge is 0.238 e. The number of benzene rings is 1. The number of carbonyl (C=O) groups is 2. The van der Waals surface area contributed by atoms with Crippen molar-refractivity contribution in [1.82, 2.24) is 29.3 Å². The number of nitrogens with one attached hydrogen (secondary N) is 1. The first-order chi connectivity index (χ1) is 24.1. The van der Waals surface area contributed by atoms with Gasteiger partial charge in [-0.3, -0.25) is 14.6 Å². The Morgan fingerprint density at radius 2 is 1.78 bits per heavy atom. The predicted molar refractivity (Wildman–Crippen MR) is 193 cm³/mol. The van der Waals surface area contributed by atoms with E-state index in [9.17, 15) is 14.0 Å². The molecule has 10 nitrogen and oxygen atoms in total. The van der Waals surface area contributed by atoms with Gasteiger partial charge in [0, 0.05) is 54.6 Å². The second-order valence-electron chi connectivity index (χ2n) is 15.6. The van der Waals surface area contributed by atoms with Crippen LogP contribution in [0.3, 0.4) is 0 Å². The predicted octanol–water partition coefficient (Wildman–Crippen LogP) is 6.67. The lowest BCUT2D eigenvalue weighted by Gasteiger charge is -2.48. The number of hydrogen-bond acceptors (Lipinski definition) is 7. The Hall–Kier alpha value is -4.38. The Labute approximate surface area is 293 Å². The average molecular weight is 679 g/mol. The summed E-state index contributed by atoms with van der Waals surface area (Å²) >= 11 is 0. The molecule has 2 saturated heterocycles. The third-order valence-electron chi connectivity index (χ3n) is 11.6. The van der Waals surface area contributed by atoms with Crippen molar-refractivity contribution in [3.63, 3.8) is 0 Å². The maximum atomic E-state index is 14.8. The van der Waals surface area contributed by atoms with E-state index in [1.165, 1.54) is 25.5 Å². The Morgan fingerprint density at radius 3 is 2.48 bits per heavy atom. The standard InChI is InChI=1S/C39H47FN8O2/c1-5-45-24-42-32-22-31(44-35(34(32)45)43-30-11-14-41-23-29(30)40)25-9-10-28-33(19-25)48(27-20-26(21-27)46-15-7-6-8-16-46)37(50)39(28)12-17-47(18-13-39)36(49)38(2,3)4/h9-11,14,19,22-24,26-27H,5-8,12-13,15-18,20-21H2,1-4H3,(H,41,43,44). The molecular formula is C39H47FN8O2. The number of amides is 2. The number of aromatic nitrogens is 4. The zero-order valence-corrected chi connectivity index (χ0v) is 29.6. The molecule has 3 aliphatic heterocycles. The molecule has 3 fully saturated rings. The third kappa shape index (κ3) is 5.45. The van der Waals surface area contributed by atoms with Gasteiger partial charge in [-0.15, -0.1) is 0 Å². The van der Waals surface area contributed by atoms with Crippen molar-refractivity contribution in [2.45, 2.75) is 96.7 Å². The van der Waals surface area contributed by atoms with E-state index in [0.29, 0.717) is 50.0 Å². The van der Waals surface area contributed by atoms with Gasteiger partial charge in [-0.1, -0.05) is 39.3 Å². The van der Waals surface area contributed by atoms with Gasteiger partial charge in [0.1, 0.15) is 5.52 Å². The van der Waals surface area contributed by atoms with E-state index < -0.39 is 16.6 Å². The third-order valence-corrected chi connectivity index (χ3v) is 11.6. The quantitative estimate of drug-likeness (QED) is 0.243. The number of carbonyl (C=O) groups excluding carboxylic acids is 2. The minimum atomic E-state index is -0.651. The number of halogens is 1. The van der Waals surface area contributed by atoms with Crippen molar-refractivity contribution in [3.8, 4) is 11.3 Å². The highest BCUT2D eigenvalue weighted by molar-refractivity contribution is 6.09. The highest BCUT2D eigenvalue weighted by Crippen LogP contribution is 2.52. The van der Waals surface area contributed by atoms with E-state index in [0.717, 1.165) is 53.8 Å². The van der Waals surface area contributed by atoms with E-state index in [1.807, 2.05) is 43.2 Å². The molecule has 50 heavy (non-hydrogen) atoms. The molecule has 1 spiro atoms. The second kappa shape index (κ2) is 12.4. The van der Waals surface area contributed by atoms with Crippen molar-refractivity contribution < 1.29 is 14.0 Å². The molecule has 4 aliphatic rings. The van der Waals surface area contributed by atoms with Crippen LogP contribution in [0.1, 0.15) is 78.2 Å². The zero-order valence-electron chi connectivity index (χ0n) is 29.6. The lowest BCUT2D eigenvalue weighted by atomic mass is 9.73. The van der Waals surface area contributed by atoms with Gasteiger partial charge in [-0.25, -0.2) is 14.4 Å². The fourth-order valence-corrected chi connectivity index (χ4v) is 8.69. The lowest BCUT2D eigenvalue weighted by molar-refractivity contribution is -0.142. The fraction of sp³-hybridized carbons (Fsp3) is 0.513. The molecule has 0 atom stereocenters. The number of likely N-dealkylation sites (tertiary alicyclic amines) is 2. The summed E-state index contributed by atoms with van der Waals surface area (Å²) in [5, 5.41) is 3.21. The van der Waals surface area contributed by atoms with Gasteiger partial charge in [0.2, 0.25) is 11.8 Å². The van der Waals surface area contributed by atoms with Crippen LogP contribution >= 0.6 is 0 Å². The Morgan fingerprint density at radius 1 is 1.02 bits per heavy atom. The van der Waals surface area contributed by atoms with Crippen LogP contribution in [0.2, 0.25) is 0 Å². The van der Waals surface area contributed by atoms with Gasteiger partial charge in [0.05, 0.1) is 34.8 Å². The molecule has 8 rings (SSSR count). The van der Waals surface area contributed by atoms with Gasteiger partial charge in [0.25, 0.3) is 0 Å². The number of aryl methyl sites for hydroxylation is 1. The molecule has 1 aliphatic carbocycles. The molecule has 2 amide bonds. The monoisotopic (exact) mass is 678 g/mol. The molecule has 0 radical (unpaired) electrons. The SMILES string of the molecule is CCn1cnc2cc(-c3ccc4c(c3)N(C3CC(N5CCCCC5)C3)C(=O)C43CCN(C(=O)C(C)(C)C)CC3)nc(Nc3ccncc3F)c21. The lowest BCUT2D eigenvalue weighted by Crippen LogP contribution is -2.58. The first kappa shape index (κ1) is 32.8. The summed E-state index contributed by atoms with van der Waals surface area (Å²) in [5.74, 6) is 0.351. The maximum Gasteiger partial charge on any atom is 0.238 e. The van der Waals surface area contributed by atoms with Crippen LogP contribution in [0.25, 0.3) is 22.3 Å². The molecular weight excluding hydrogens is 631 g/mol. The van der Waals surface area contributed by atoms with Gasteiger partial charge < -0.3 is 24.6 Å². The van der Waals surface area contributed by atoms with Crippen LogP contribution in [0, 0.1) is 11.2 Å². The van der Waals surface area contributed by atoms with Crippen LogP contribution in [-0.4, -0.2) is 79.4 Å². The molecule has 1 aromatic carbocycles. The number of fused-ring (bicyclic) bond motifs is 3. The Kier molecular flexibility index (Phi) is 8.16. The molecule has 6 heterocycles. The number of pyridine rings is 2. The van der Waals surface area contributed by atoms with Crippen molar-refractivity contribution in [3.05, 3.63) is 60.4 Å². The van der Waals surface area contributed by atoms with E-state index in [1.54, 1.807) is 18.6 Å². The maximum absolute atomic E-state index is 14.8. The first-order valence-corrected chi connectivity index (χ1v) is 18.3. The normalized spacial score (nSPS) is 22.2. The summed E-state index contributed by atoms with van der Waals surface area (Å²) in [6, 6.07) is 10.5. The van der Waals surface area contributed by atoms with Gasteiger partial charge >= 0.3 is 0 Å². The number of nitrogens with zero attached hydrogens (tertiary/aromatic N) is 7. The molecule has 4 aromatic rings. The van der Waals surface area contributed by atoms with E-state index >= 15 is 0 Å². The van der Waals surface area contributed by atoms with Crippen molar-refractivity contribution in [1.29, 1.82) is 0 Å². The molecule has 3 aromatic heterocycles. The molecule has 0 unspecified atom stereocenters. The van der Waals surface area contributed by atoms with Gasteiger partial charge in [-0.05, 0) is 82.3 Å². The van der Waals surface area contributed by atoms with Crippen molar-refractivity contribution in [2.24, 2.45) is 5.41 Å². The van der Waals surface area contributed by atoms with Crippen molar-refractivity contribution in [2.75, 3.05) is 36.4 Å². The highest BCUT2D eigenvalue weighted by atomic mass is 19.1. The van der Waals surface area contributed by atoms with Crippen LogP contribution in [0.5, 0.6) is 0 Å². The number of piperidine rings is 2. The summed E-state index contributed by atoms with van der Waals surface area (Å²) in [6.07, 6.45) is 11.5. The summed E-state index contributed by atoms with van der Waals surface area (Å²) in [7, 11) is 0. The van der Waals surface area contributed by atoms with Gasteiger partial charge in [0.15, 0.2) is 11.6 Å². The number of rotatable bonds is 6. The van der Waals surface area contributed by atoms with E-state index in [2.05, 4.69) is 43.3 Å². The summed E-state index contributed by atoms with van der Waals surface area (Å²) in [5.41, 5.74) is 4.29. The Bertz CT molecular complexity index is 1950. The number of hydrogen-bond donors (Lipinski definition) is 1. The molecule has 262 valence electrons. The zero-order chi connectivity index (χ0) is 34.8. The highest BCUT2D eigenvalue weighted by Gasteiger charge is 2.56. The minimum absolute atomic E-state index is 0.136. The summed E-state index contributed by atoms with van der Waals surface area (Å²) < 4.78 is 16.8. The molecule has 11 heteroatoms. The Balaban J connectivity index is 1.17. The topological polar surface area (TPSA) is 99.5 Å². The van der Waals surface area contributed by atoms with Crippen LogP contribution in [0.15, 0.2) is 49.1 Å². The average Bonchev–Trinajstić information content (AvgIpc) is 3.62. The minimum Gasteiger partial charge on any atom is -0.342 e. The number of imidazole rings is 1. The fourth-order valence-electron chi connectivity index (χ4n) is 8.69. The number of anilines is 3. The van der Waals surface area contributed by atoms with Crippen LogP contribution < -0.4 is 10.2 Å².